The Morgan fingerprint density at radius 3 is 2.30 bits per heavy atom. The Morgan fingerprint density at radius 2 is 1.78 bits per heavy atom. The highest BCUT2D eigenvalue weighted by molar-refractivity contribution is 14.0. The Labute approximate surface area is 181 Å². The summed E-state index contributed by atoms with van der Waals surface area (Å²) in [5, 5.41) is 6.76. The van der Waals surface area contributed by atoms with Gasteiger partial charge in [0.25, 0.3) is 0 Å². The fraction of sp³-hybridized carbons (Fsp3) is 0.650. The molecule has 1 fully saturated rings. The summed E-state index contributed by atoms with van der Waals surface area (Å²) in [6, 6.07) is 5.46. The Hall–Kier alpha value is -0.830. The van der Waals surface area contributed by atoms with Gasteiger partial charge in [-0.05, 0) is 48.8 Å². The van der Waals surface area contributed by atoms with Crippen molar-refractivity contribution >= 4 is 39.8 Å². The van der Waals surface area contributed by atoms with E-state index in [9.17, 15) is 8.42 Å². The summed E-state index contributed by atoms with van der Waals surface area (Å²) < 4.78 is 23.4. The maximum absolute atomic E-state index is 11.7. The van der Waals surface area contributed by atoms with Crippen LogP contribution in [0.5, 0.6) is 0 Å². The van der Waals surface area contributed by atoms with Gasteiger partial charge in [-0.2, -0.15) is 0 Å². The third kappa shape index (κ3) is 7.60. The number of aryl methyl sites for hydroxylation is 1. The van der Waals surface area contributed by atoms with Crippen LogP contribution in [0.15, 0.2) is 28.1 Å². The second-order valence-electron chi connectivity index (χ2n) is 7.47. The molecule has 0 unspecified atom stereocenters. The standard InChI is InChI=1S/C20H33N3O2S.HI/c1-5-16-6-8-17(9-7-16)13-22-20(21-3)23-14-18-10-11-19(15(2)12-18)26(4,24)25;/h10-12,16-17H,5-9,13-14H2,1-4H3,(H2,21,22,23);1H. The Kier molecular flexibility index (Phi) is 10.1. The van der Waals surface area contributed by atoms with Crippen molar-refractivity contribution in [3.05, 3.63) is 29.3 Å². The van der Waals surface area contributed by atoms with Gasteiger partial charge in [0, 0.05) is 26.4 Å². The third-order valence-electron chi connectivity index (χ3n) is 5.42. The van der Waals surface area contributed by atoms with Crippen LogP contribution in [0.3, 0.4) is 0 Å². The molecule has 154 valence electrons. The van der Waals surface area contributed by atoms with E-state index in [1.165, 1.54) is 38.4 Å². The molecular formula is C20H34IN3O2S. The van der Waals surface area contributed by atoms with Crippen LogP contribution in [0.1, 0.15) is 50.2 Å². The van der Waals surface area contributed by atoms with Crippen molar-refractivity contribution in [2.75, 3.05) is 19.8 Å². The smallest absolute Gasteiger partial charge is 0.191 e. The number of sulfone groups is 1. The summed E-state index contributed by atoms with van der Waals surface area (Å²) in [7, 11) is -1.39. The Balaban J connectivity index is 0.00000364. The first-order valence-corrected chi connectivity index (χ1v) is 11.5. The fourth-order valence-electron chi connectivity index (χ4n) is 3.73. The molecule has 27 heavy (non-hydrogen) atoms. The van der Waals surface area contributed by atoms with Crippen LogP contribution in [0.2, 0.25) is 0 Å². The van der Waals surface area contributed by atoms with Gasteiger partial charge in [-0.15, -0.1) is 24.0 Å². The van der Waals surface area contributed by atoms with Gasteiger partial charge in [-0.1, -0.05) is 38.3 Å². The molecule has 0 amide bonds. The molecule has 0 heterocycles. The fourth-order valence-corrected chi connectivity index (χ4v) is 4.69. The molecule has 1 aliphatic carbocycles. The number of hydrogen-bond donors (Lipinski definition) is 2. The zero-order chi connectivity index (χ0) is 19.2. The third-order valence-corrected chi connectivity index (χ3v) is 6.68. The lowest BCUT2D eigenvalue weighted by Gasteiger charge is -2.28. The predicted molar refractivity (Wildman–Crippen MR) is 124 cm³/mol. The maximum Gasteiger partial charge on any atom is 0.191 e. The van der Waals surface area contributed by atoms with Crippen molar-refractivity contribution in [2.45, 2.75) is 57.4 Å². The summed E-state index contributed by atoms with van der Waals surface area (Å²) in [5.41, 5.74) is 1.82. The molecule has 1 aromatic rings. The number of guanidine groups is 1. The summed E-state index contributed by atoms with van der Waals surface area (Å²) in [4.78, 5) is 4.69. The monoisotopic (exact) mass is 507 g/mol. The van der Waals surface area contributed by atoms with Crippen molar-refractivity contribution in [2.24, 2.45) is 16.8 Å². The van der Waals surface area contributed by atoms with Gasteiger partial charge in [0.15, 0.2) is 15.8 Å². The highest BCUT2D eigenvalue weighted by Crippen LogP contribution is 2.30. The molecule has 2 N–H and O–H groups in total. The van der Waals surface area contributed by atoms with Crippen molar-refractivity contribution in [1.82, 2.24) is 10.6 Å². The number of aliphatic imine (C=N–C) groups is 1. The van der Waals surface area contributed by atoms with Gasteiger partial charge in [0.1, 0.15) is 0 Å². The van der Waals surface area contributed by atoms with E-state index in [-0.39, 0.29) is 24.0 Å². The second-order valence-corrected chi connectivity index (χ2v) is 9.46. The molecule has 1 saturated carbocycles. The zero-order valence-corrected chi connectivity index (χ0v) is 20.1. The van der Waals surface area contributed by atoms with Crippen molar-refractivity contribution in [3.8, 4) is 0 Å². The van der Waals surface area contributed by atoms with E-state index in [2.05, 4.69) is 22.5 Å². The lowest BCUT2D eigenvalue weighted by Crippen LogP contribution is -2.40. The van der Waals surface area contributed by atoms with Crippen molar-refractivity contribution < 1.29 is 8.42 Å². The molecule has 0 spiro atoms. The topological polar surface area (TPSA) is 70.6 Å². The molecule has 0 aromatic heterocycles. The van der Waals surface area contributed by atoms with Crippen LogP contribution in [-0.4, -0.2) is 34.2 Å². The van der Waals surface area contributed by atoms with E-state index < -0.39 is 9.84 Å². The Bertz CT molecular complexity index is 727. The molecule has 5 nitrogen and oxygen atoms in total. The number of rotatable bonds is 6. The molecule has 0 bridgehead atoms. The van der Waals surface area contributed by atoms with Crippen LogP contribution in [0.4, 0.5) is 0 Å². The average molecular weight is 507 g/mol. The first-order valence-electron chi connectivity index (χ1n) is 9.57. The predicted octanol–water partition coefficient (Wildman–Crippen LogP) is 3.90. The van der Waals surface area contributed by atoms with Crippen LogP contribution < -0.4 is 10.6 Å². The molecule has 0 radical (unpaired) electrons. The molecule has 0 aliphatic heterocycles. The minimum absolute atomic E-state index is 0. The van der Waals surface area contributed by atoms with E-state index in [0.717, 1.165) is 35.5 Å². The summed E-state index contributed by atoms with van der Waals surface area (Å²) in [6.07, 6.45) is 7.85. The lowest BCUT2D eigenvalue weighted by molar-refractivity contribution is 0.269. The van der Waals surface area contributed by atoms with Crippen molar-refractivity contribution in [1.29, 1.82) is 0 Å². The van der Waals surface area contributed by atoms with Gasteiger partial charge in [0.2, 0.25) is 0 Å². The van der Waals surface area contributed by atoms with Gasteiger partial charge >= 0.3 is 0 Å². The van der Waals surface area contributed by atoms with E-state index >= 15 is 0 Å². The van der Waals surface area contributed by atoms with Gasteiger partial charge in [0.05, 0.1) is 4.90 Å². The zero-order valence-electron chi connectivity index (χ0n) is 16.9. The average Bonchev–Trinajstić information content (AvgIpc) is 2.61. The molecule has 0 atom stereocenters. The highest BCUT2D eigenvalue weighted by atomic mass is 127. The maximum atomic E-state index is 11.7. The molecule has 0 saturated heterocycles. The number of halogens is 1. The summed E-state index contributed by atoms with van der Waals surface area (Å²) in [5.74, 6) is 2.45. The van der Waals surface area contributed by atoms with E-state index in [0.29, 0.717) is 11.4 Å². The van der Waals surface area contributed by atoms with Crippen LogP contribution in [0, 0.1) is 18.8 Å². The van der Waals surface area contributed by atoms with Crippen LogP contribution in [0.25, 0.3) is 0 Å². The SMILES string of the molecule is CCC1CCC(CNC(=NC)NCc2ccc(S(C)(=O)=O)c(C)c2)CC1.I. The van der Waals surface area contributed by atoms with E-state index in [4.69, 9.17) is 0 Å². The van der Waals surface area contributed by atoms with Crippen molar-refractivity contribution in [3.63, 3.8) is 0 Å². The van der Waals surface area contributed by atoms with Crippen LogP contribution in [-0.2, 0) is 16.4 Å². The van der Waals surface area contributed by atoms with Gasteiger partial charge < -0.3 is 10.6 Å². The first kappa shape index (κ1) is 24.2. The summed E-state index contributed by atoms with van der Waals surface area (Å²) in [6.45, 7) is 5.70. The number of benzene rings is 1. The summed E-state index contributed by atoms with van der Waals surface area (Å²) >= 11 is 0. The van der Waals surface area contributed by atoms with Gasteiger partial charge in [-0.25, -0.2) is 8.42 Å². The first-order chi connectivity index (χ1) is 12.3. The lowest BCUT2D eigenvalue weighted by atomic mass is 9.81. The van der Waals surface area contributed by atoms with E-state index in [1.807, 2.05) is 19.1 Å². The molecule has 2 rings (SSSR count). The molecule has 1 aliphatic rings. The molecule has 1 aromatic carbocycles. The number of nitrogens with zero attached hydrogens (tertiary/aromatic N) is 1. The van der Waals surface area contributed by atoms with Gasteiger partial charge in [-0.3, -0.25) is 4.99 Å². The van der Waals surface area contributed by atoms with Crippen LogP contribution >= 0.6 is 24.0 Å². The quantitative estimate of drug-likeness (QED) is 0.348. The minimum Gasteiger partial charge on any atom is -0.356 e. The molecule has 7 heteroatoms. The number of nitrogens with one attached hydrogen (secondary N) is 2. The Morgan fingerprint density at radius 1 is 1.15 bits per heavy atom. The van der Waals surface area contributed by atoms with E-state index in [1.54, 1.807) is 13.1 Å². The normalized spacial score (nSPS) is 20.7. The second kappa shape index (κ2) is 11.2. The largest absolute Gasteiger partial charge is 0.356 e. The minimum atomic E-state index is -3.17. The highest BCUT2D eigenvalue weighted by Gasteiger charge is 2.20. The molecular weight excluding hydrogens is 473 g/mol. The number of hydrogen-bond acceptors (Lipinski definition) is 3.